The standard InChI is InChI=1S/C5H11NO3/c1-5(7)9-8-4-3-6-2/h6H,3-4H2,1-2H3. The molecule has 1 N–H and O–H groups in total. The molecular weight excluding hydrogens is 122 g/mol. The highest BCUT2D eigenvalue weighted by atomic mass is 17.2. The van der Waals surface area contributed by atoms with Crippen molar-refractivity contribution >= 4 is 5.97 Å². The van der Waals surface area contributed by atoms with Crippen molar-refractivity contribution in [3.63, 3.8) is 0 Å². The average molecular weight is 133 g/mol. The smallest absolute Gasteiger partial charge is 0.317 e. The zero-order valence-electron chi connectivity index (χ0n) is 5.64. The monoisotopic (exact) mass is 133 g/mol. The van der Waals surface area contributed by atoms with Gasteiger partial charge in [0.05, 0.1) is 0 Å². The molecule has 0 aliphatic carbocycles. The SMILES string of the molecule is CNCCOOC(C)=O. The van der Waals surface area contributed by atoms with Crippen LogP contribution in [0.4, 0.5) is 0 Å². The zero-order valence-corrected chi connectivity index (χ0v) is 5.64. The first kappa shape index (κ1) is 8.39. The van der Waals surface area contributed by atoms with Crippen LogP contribution >= 0.6 is 0 Å². The van der Waals surface area contributed by atoms with Gasteiger partial charge in [-0.1, -0.05) is 0 Å². The molecule has 0 amide bonds. The van der Waals surface area contributed by atoms with Crippen molar-refractivity contribution in [2.45, 2.75) is 6.92 Å². The fourth-order valence-electron chi connectivity index (χ4n) is 0.268. The molecule has 4 heteroatoms. The highest BCUT2D eigenvalue weighted by molar-refractivity contribution is 5.65. The lowest BCUT2D eigenvalue weighted by Crippen LogP contribution is -2.15. The highest BCUT2D eigenvalue weighted by Crippen LogP contribution is 1.76. The number of carbonyl (C=O) groups is 1. The van der Waals surface area contributed by atoms with Crippen LogP contribution in [0.5, 0.6) is 0 Å². The van der Waals surface area contributed by atoms with E-state index in [1.807, 2.05) is 0 Å². The number of nitrogens with one attached hydrogen (secondary N) is 1. The van der Waals surface area contributed by atoms with Gasteiger partial charge in [0.1, 0.15) is 6.61 Å². The molecular formula is C5H11NO3. The molecule has 0 aromatic rings. The number of likely N-dealkylation sites (N-methyl/N-ethyl adjacent to an activating group) is 1. The van der Waals surface area contributed by atoms with Gasteiger partial charge in [-0.2, -0.15) is 4.89 Å². The molecule has 0 spiro atoms. The van der Waals surface area contributed by atoms with Gasteiger partial charge in [-0.3, -0.25) is 4.89 Å². The molecule has 0 saturated heterocycles. The maximum Gasteiger partial charge on any atom is 0.339 e. The minimum atomic E-state index is -0.425. The van der Waals surface area contributed by atoms with E-state index in [0.717, 1.165) is 0 Å². The van der Waals surface area contributed by atoms with E-state index in [4.69, 9.17) is 0 Å². The average Bonchev–Trinajstić information content (AvgIpc) is 1.80. The first-order valence-corrected chi connectivity index (χ1v) is 2.72. The number of carbonyl (C=O) groups excluding carboxylic acids is 1. The predicted octanol–water partition coefficient (Wildman–Crippen LogP) is -0.300. The molecule has 0 heterocycles. The number of hydrogen-bond donors (Lipinski definition) is 1. The molecule has 0 aromatic heterocycles. The normalized spacial score (nSPS) is 9.11. The van der Waals surface area contributed by atoms with E-state index < -0.39 is 5.97 Å². The van der Waals surface area contributed by atoms with Gasteiger partial charge in [-0.25, -0.2) is 4.79 Å². The highest BCUT2D eigenvalue weighted by Gasteiger charge is 1.90. The van der Waals surface area contributed by atoms with Gasteiger partial charge in [-0.05, 0) is 7.05 Å². The number of hydrogen-bond acceptors (Lipinski definition) is 4. The van der Waals surface area contributed by atoms with E-state index in [9.17, 15) is 4.79 Å². The van der Waals surface area contributed by atoms with Crippen LogP contribution in [0.3, 0.4) is 0 Å². The van der Waals surface area contributed by atoms with Gasteiger partial charge in [-0.15, -0.1) is 0 Å². The Morgan fingerprint density at radius 2 is 2.33 bits per heavy atom. The van der Waals surface area contributed by atoms with E-state index >= 15 is 0 Å². The van der Waals surface area contributed by atoms with Crippen LogP contribution in [0.15, 0.2) is 0 Å². The van der Waals surface area contributed by atoms with Gasteiger partial charge in [0, 0.05) is 13.5 Å². The van der Waals surface area contributed by atoms with E-state index in [-0.39, 0.29) is 0 Å². The molecule has 0 atom stereocenters. The predicted molar refractivity (Wildman–Crippen MR) is 31.6 cm³/mol. The fraction of sp³-hybridized carbons (Fsp3) is 0.800. The van der Waals surface area contributed by atoms with Crippen molar-refractivity contribution in [3.05, 3.63) is 0 Å². The minimum absolute atomic E-state index is 0.385. The Morgan fingerprint density at radius 1 is 1.67 bits per heavy atom. The summed E-state index contributed by atoms with van der Waals surface area (Å²) in [5, 5.41) is 2.83. The van der Waals surface area contributed by atoms with Crippen LogP contribution in [0.1, 0.15) is 6.92 Å². The van der Waals surface area contributed by atoms with Crippen molar-refractivity contribution in [2.75, 3.05) is 20.2 Å². The lowest BCUT2D eigenvalue weighted by Gasteiger charge is -1.98. The second-order valence-electron chi connectivity index (χ2n) is 1.50. The number of rotatable bonds is 4. The Labute approximate surface area is 54.1 Å². The summed E-state index contributed by atoms with van der Waals surface area (Å²) in [6.07, 6.45) is 0. The van der Waals surface area contributed by atoms with Gasteiger partial charge >= 0.3 is 5.97 Å². The quantitative estimate of drug-likeness (QED) is 0.325. The molecule has 4 nitrogen and oxygen atoms in total. The summed E-state index contributed by atoms with van der Waals surface area (Å²) in [6, 6.07) is 0. The van der Waals surface area contributed by atoms with Crippen LogP contribution < -0.4 is 5.32 Å². The molecule has 0 aliphatic rings. The van der Waals surface area contributed by atoms with Crippen LogP contribution in [0.25, 0.3) is 0 Å². The van der Waals surface area contributed by atoms with Crippen molar-refractivity contribution in [1.82, 2.24) is 5.32 Å². The summed E-state index contributed by atoms with van der Waals surface area (Å²) < 4.78 is 0. The van der Waals surface area contributed by atoms with Gasteiger partial charge in [0.15, 0.2) is 0 Å². The van der Waals surface area contributed by atoms with Crippen LogP contribution in [0, 0.1) is 0 Å². The van der Waals surface area contributed by atoms with Crippen LogP contribution in [0.2, 0.25) is 0 Å². The summed E-state index contributed by atoms with van der Waals surface area (Å²) in [5.41, 5.74) is 0. The summed E-state index contributed by atoms with van der Waals surface area (Å²) in [6.45, 7) is 2.35. The second kappa shape index (κ2) is 5.53. The Hall–Kier alpha value is -0.610. The van der Waals surface area contributed by atoms with Crippen molar-refractivity contribution in [3.8, 4) is 0 Å². The van der Waals surface area contributed by atoms with Gasteiger partial charge < -0.3 is 5.32 Å². The van der Waals surface area contributed by atoms with Crippen molar-refractivity contribution in [1.29, 1.82) is 0 Å². The van der Waals surface area contributed by atoms with Crippen LogP contribution in [-0.2, 0) is 14.6 Å². The van der Waals surface area contributed by atoms with Crippen LogP contribution in [-0.4, -0.2) is 26.2 Å². The largest absolute Gasteiger partial charge is 0.339 e. The Balaban J connectivity index is 2.83. The maximum absolute atomic E-state index is 10.0. The Kier molecular flexibility index (Phi) is 5.15. The molecule has 0 aromatic carbocycles. The molecule has 0 radical (unpaired) electrons. The first-order valence-electron chi connectivity index (χ1n) is 2.72. The molecule has 0 unspecified atom stereocenters. The molecule has 0 rings (SSSR count). The molecule has 0 saturated carbocycles. The molecule has 0 aliphatic heterocycles. The maximum atomic E-state index is 10.0. The molecule has 0 fully saturated rings. The van der Waals surface area contributed by atoms with Gasteiger partial charge in [0.25, 0.3) is 0 Å². The van der Waals surface area contributed by atoms with E-state index in [1.165, 1.54) is 6.92 Å². The lowest BCUT2D eigenvalue weighted by molar-refractivity contribution is -0.268. The summed E-state index contributed by atoms with van der Waals surface area (Å²) in [4.78, 5) is 18.6. The van der Waals surface area contributed by atoms with Crippen molar-refractivity contribution < 1.29 is 14.6 Å². The third kappa shape index (κ3) is 7.39. The molecule has 0 bridgehead atoms. The summed E-state index contributed by atoms with van der Waals surface area (Å²) >= 11 is 0. The zero-order chi connectivity index (χ0) is 7.11. The Morgan fingerprint density at radius 3 is 2.78 bits per heavy atom. The topological polar surface area (TPSA) is 47.6 Å². The molecule has 9 heavy (non-hydrogen) atoms. The Bertz CT molecular complexity index is 84.3. The van der Waals surface area contributed by atoms with Gasteiger partial charge in [0.2, 0.25) is 0 Å². The third-order valence-electron chi connectivity index (χ3n) is 0.612. The molecule has 54 valence electrons. The minimum Gasteiger partial charge on any atom is -0.317 e. The van der Waals surface area contributed by atoms with E-state index in [1.54, 1.807) is 7.05 Å². The van der Waals surface area contributed by atoms with Crippen molar-refractivity contribution in [2.24, 2.45) is 0 Å². The van der Waals surface area contributed by atoms with E-state index in [0.29, 0.717) is 13.2 Å². The lowest BCUT2D eigenvalue weighted by atomic mass is 10.7. The second-order valence-corrected chi connectivity index (χ2v) is 1.50. The third-order valence-corrected chi connectivity index (χ3v) is 0.612. The summed E-state index contributed by atoms with van der Waals surface area (Å²) in [7, 11) is 1.79. The first-order chi connectivity index (χ1) is 4.27. The van der Waals surface area contributed by atoms with E-state index in [2.05, 4.69) is 15.1 Å². The fourth-order valence-corrected chi connectivity index (χ4v) is 0.268. The summed E-state index contributed by atoms with van der Waals surface area (Å²) in [5.74, 6) is -0.425.